The van der Waals surface area contributed by atoms with E-state index in [2.05, 4.69) is 0 Å². The second kappa shape index (κ2) is 9.75. The fourth-order valence-corrected chi connectivity index (χ4v) is 4.64. The molecule has 0 radical (unpaired) electrons. The molecule has 0 N–H and O–H groups in total. The largest absolute Gasteiger partial charge is 0.465 e. The maximum Gasteiger partial charge on any atom is 0.321 e. The molecule has 168 valence electrons. The fourth-order valence-electron chi connectivity index (χ4n) is 4.23. The minimum absolute atomic E-state index is 0.210. The van der Waals surface area contributed by atoms with Crippen molar-refractivity contribution in [2.45, 2.75) is 24.3 Å². The van der Waals surface area contributed by atoms with Crippen LogP contribution < -0.4 is 4.90 Å². The molecule has 8 heteroatoms. The molecule has 0 unspecified atom stereocenters. The number of imidazole rings is 1. The van der Waals surface area contributed by atoms with Crippen LogP contribution in [-0.4, -0.2) is 54.6 Å². The summed E-state index contributed by atoms with van der Waals surface area (Å²) >= 11 is 1.64. The minimum Gasteiger partial charge on any atom is -0.465 e. The number of benzene rings is 2. The van der Waals surface area contributed by atoms with Gasteiger partial charge in [-0.3, -0.25) is 14.5 Å². The van der Waals surface area contributed by atoms with Crippen molar-refractivity contribution in [1.29, 1.82) is 0 Å². The number of methoxy groups -OCH3 is 1. The Morgan fingerprint density at radius 2 is 1.91 bits per heavy atom. The van der Waals surface area contributed by atoms with Crippen LogP contribution in [0.5, 0.6) is 0 Å². The highest BCUT2D eigenvalue weighted by Crippen LogP contribution is 2.41. The van der Waals surface area contributed by atoms with Crippen molar-refractivity contribution in [3.63, 3.8) is 0 Å². The number of ether oxygens (including phenoxy) is 2. The molecule has 2 atom stereocenters. The summed E-state index contributed by atoms with van der Waals surface area (Å²) in [4.78, 5) is 34.3. The molecule has 32 heavy (non-hydrogen) atoms. The van der Waals surface area contributed by atoms with Gasteiger partial charge in [-0.05, 0) is 49.4 Å². The van der Waals surface area contributed by atoms with Gasteiger partial charge < -0.3 is 14.0 Å². The molecule has 0 aliphatic carbocycles. The maximum atomic E-state index is 13.7. The van der Waals surface area contributed by atoms with E-state index in [1.807, 2.05) is 59.4 Å². The van der Waals surface area contributed by atoms with Crippen LogP contribution in [0.25, 0.3) is 11.0 Å². The average molecular weight is 454 g/mol. The molecule has 0 saturated carbocycles. The van der Waals surface area contributed by atoms with Crippen LogP contribution >= 0.6 is 11.8 Å². The molecule has 2 heterocycles. The molecule has 1 aliphatic rings. The number of amides is 1. The predicted octanol–water partition coefficient (Wildman–Crippen LogP) is 3.91. The van der Waals surface area contributed by atoms with Gasteiger partial charge in [0.1, 0.15) is 0 Å². The van der Waals surface area contributed by atoms with E-state index in [1.54, 1.807) is 30.7 Å². The highest BCUT2D eigenvalue weighted by atomic mass is 32.2. The van der Waals surface area contributed by atoms with E-state index in [0.717, 1.165) is 21.5 Å². The van der Waals surface area contributed by atoms with Crippen molar-refractivity contribution >= 4 is 40.6 Å². The summed E-state index contributed by atoms with van der Waals surface area (Å²) in [7, 11) is 1.63. The third kappa shape index (κ3) is 4.00. The van der Waals surface area contributed by atoms with Crippen LogP contribution in [0.2, 0.25) is 0 Å². The van der Waals surface area contributed by atoms with Gasteiger partial charge >= 0.3 is 5.97 Å². The fraction of sp³-hybridized carbons (Fsp3) is 0.375. The first-order valence-electron chi connectivity index (χ1n) is 10.7. The summed E-state index contributed by atoms with van der Waals surface area (Å²) in [6, 6.07) is 15.2. The molecule has 0 spiro atoms. The van der Waals surface area contributed by atoms with Crippen molar-refractivity contribution in [2.75, 3.05) is 38.0 Å². The number of hydrogen-bond donors (Lipinski definition) is 0. The van der Waals surface area contributed by atoms with E-state index in [1.165, 1.54) is 0 Å². The summed E-state index contributed by atoms with van der Waals surface area (Å²) in [5, 5.41) is 0. The molecule has 0 bridgehead atoms. The first-order chi connectivity index (χ1) is 15.6. The molecular formula is C24H27N3O4S. The number of anilines is 1. The van der Waals surface area contributed by atoms with Gasteiger partial charge in [0.05, 0.1) is 23.7 Å². The number of aromatic nitrogens is 2. The summed E-state index contributed by atoms with van der Waals surface area (Å²) in [6.07, 6.45) is 2.65. The number of esters is 1. The van der Waals surface area contributed by atoms with Gasteiger partial charge in [-0.1, -0.05) is 24.3 Å². The second-order valence-corrected chi connectivity index (χ2v) is 8.43. The Labute approximate surface area is 191 Å². The summed E-state index contributed by atoms with van der Waals surface area (Å²) in [5.74, 6) is -1.26. The number of carbonyl (C=O) groups is 2. The van der Waals surface area contributed by atoms with Crippen LogP contribution in [0.3, 0.4) is 0 Å². The van der Waals surface area contributed by atoms with Gasteiger partial charge in [0.15, 0.2) is 5.92 Å². The van der Waals surface area contributed by atoms with Gasteiger partial charge in [0, 0.05) is 25.2 Å². The summed E-state index contributed by atoms with van der Waals surface area (Å²) in [5.41, 5.74) is 2.53. The molecule has 4 rings (SSSR count). The zero-order valence-corrected chi connectivity index (χ0v) is 19.3. The van der Waals surface area contributed by atoms with Gasteiger partial charge in [-0.2, -0.15) is 0 Å². The Bertz CT molecular complexity index is 1110. The van der Waals surface area contributed by atoms with Crippen LogP contribution in [0.1, 0.15) is 24.9 Å². The van der Waals surface area contributed by atoms with Crippen LogP contribution in [-0.2, 0) is 19.1 Å². The summed E-state index contributed by atoms with van der Waals surface area (Å²) in [6.45, 7) is 2.88. The zero-order valence-electron chi connectivity index (χ0n) is 18.5. The Hall–Kier alpha value is -2.84. The van der Waals surface area contributed by atoms with E-state index in [4.69, 9.17) is 14.5 Å². The number of para-hydroxylation sites is 2. The van der Waals surface area contributed by atoms with Gasteiger partial charge in [0.2, 0.25) is 11.9 Å². The molecule has 1 amide bonds. The van der Waals surface area contributed by atoms with Gasteiger partial charge in [-0.15, -0.1) is 11.8 Å². The van der Waals surface area contributed by atoms with Crippen LogP contribution in [0.4, 0.5) is 5.95 Å². The van der Waals surface area contributed by atoms with Crippen molar-refractivity contribution in [3.05, 3.63) is 54.1 Å². The normalized spacial score (nSPS) is 18.1. The second-order valence-electron chi connectivity index (χ2n) is 7.55. The monoisotopic (exact) mass is 453 g/mol. The van der Waals surface area contributed by atoms with E-state index in [9.17, 15) is 9.59 Å². The van der Waals surface area contributed by atoms with Gasteiger partial charge in [-0.25, -0.2) is 4.98 Å². The third-order valence-electron chi connectivity index (χ3n) is 5.67. The lowest BCUT2D eigenvalue weighted by Crippen LogP contribution is -2.50. The Kier molecular flexibility index (Phi) is 6.81. The molecule has 1 aromatic heterocycles. The molecule has 0 saturated heterocycles. The minimum atomic E-state index is -0.997. The zero-order chi connectivity index (χ0) is 22.7. The molecule has 0 fully saturated rings. The molecule has 7 nitrogen and oxygen atoms in total. The SMILES string of the molecule is CCOC(=O)[C@@H]1C(=O)N(CCCOC)c2nc3ccccc3n2[C@@H]1c1ccc(SC)cc1. The predicted molar refractivity (Wildman–Crippen MR) is 125 cm³/mol. The average Bonchev–Trinajstić information content (AvgIpc) is 3.19. The van der Waals surface area contributed by atoms with E-state index >= 15 is 0 Å². The highest BCUT2D eigenvalue weighted by Gasteiger charge is 2.47. The van der Waals surface area contributed by atoms with Crippen molar-refractivity contribution in [1.82, 2.24) is 9.55 Å². The topological polar surface area (TPSA) is 73.7 Å². The standard InChI is InChI=1S/C24H27N3O4S/c1-4-31-23(29)20-21(16-10-12-17(32-3)13-11-16)27-19-9-6-5-8-18(19)25-24(27)26(22(20)28)14-7-15-30-2/h5-6,8-13,20-21H,4,7,14-15H2,1-3H3/t20-,21+/m0/s1. The number of hydrogen-bond acceptors (Lipinski definition) is 6. The van der Waals surface area contributed by atoms with Crippen molar-refractivity contribution < 1.29 is 19.1 Å². The van der Waals surface area contributed by atoms with Crippen LogP contribution in [0.15, 0.2) is 53.4 Å². The highest BCUT2D eigenvalue weighted by molar-refractivity contribution is 7.98. The number of thioether (sulfide) groups is 1. The first kappa shape index (κ1) is 22.4. The molecular weight excluding hydrogens is 426 g/mol. The number of nitrogens with zero attached hydrogens (tertiary/aromatic N) is 3. The molecule has 3 aromatic rings. The number of carbonyl (C=O) groups excluding carboxylic acids is 2. The first-order valence-corrected chi connectivity index (χ1v) is 11.9. The maximum absolute atomic E-state index is 13.7. The Morgan fingerprint density at radius 1 is 1.16 bits per heavy atom. The lowest BCUT2D eigenvalue weighted by molar-refractivity contribution is -0.153. The quantitative estimate of drug-likeness (QED) is 0.223. The summed E-state index contributed by atoms with van der Waals surface area (Å²) < 4.78 is 12.6. The smallest absolute Gasteiger partial charge is 0.321 e. The van der Waals surface area contributed by atoms with E-state index in [-0.39, 0.29) is 12.5 Å². The van der Waals surface area contributed by atoms with Crippen molar-refractivity contribution in [3.8, 4) is 0 Å². The van der Waals surface area contributed by atoms with Crippen LogP contribution in [0, 0.1) is 5.92 Å². The number of rotatable bonds is 8. The van der Waals surface area contributed by atoms with E-state index in [0.29, 0.717) is 25.5 Å². The third-order valence-corrected chi connectivity index (χ3v) is 6.42. The Morgan fingerprint density at radius 3 is 2.59 bits per heavy atom. The van der Waals surface area contributed by atoms with E-state index < -0.39 is 17.9 Å². The van der Waals surface area contributed by atoms with Crippen molar-refractivity contribution in [2.24, 2.45) is 5.92 Å². The lowest BCUT2D eigenvalue weighted by atomic mass is 9.89. The lowest BCUT2D eigenvalue weighted by Gasteiger charge is -2.38. The van der Waals surface area contributed by atoms with Gasteiger partial charge in [0.25, 0.3) is 0 Å². The number of fused-ring (bicyclic) bond motifs is 3. The Balaban J connectivity index is 1.92. The molecule has 2 aromatic carbocycles. The molecule has 1 aliphatic heterocycles.